The van der Waals surface area contributed by atoms with Crippen LogP contribution in [-0.4, -0.2) is 49.9 Å². The number of hydrogen-bond acceptors (Lipinski definition) is 4. The Balaban J connectivity index is 0.000000982. The lowest BCUT2D eigenvalue weighted by Crippen LogP contribution is -2.43. The van der Waals surface area contributed by atoms with E-state index in [-0.39, 0.29) is 6.10 Å². The average Bonchev–Trinajstić information content (AvgIpc) is 2.27. The van der Waals surface area contributed by atoms with Crippen LogP contribution in [0.1, 0.15) is 12.5 Å². The highest BCUT2D eigenvalue weighted by Gasteiger charge is 2.18. The van der Waals surface area contributed by atoms with Crippen molar-refractivity contribution in [2.24, 2.45) is 0 Å². The molecule has 0 fully saturated rings. The van der Waals surface area contributed by atoms with Crippen molar-refractivity contribution in [3.63, 3.8) is 0 Å². The summed E-state index contributed by atoms with van der Waals surface area (Å²) in [5.41, 5.74) is 1.23. The molecule has 0 spiro atoms. The zero-order valence-corrected chi connectivity index (χ0v) is 12.0. The van der Waals surface area contributed by atoms with E-state index in [0.717, 1.165) is 23.3 Å². The van der Waals surface area contributed by atoms with E-state index >= 15 is 0 Å². The maximum absolute atomic E-state index is 9.43. The molecule has 0 aliphatic rings. The minimum absolute atomic E-state index is 0.277. The number of nitrogens with zero attached hydrogens (tertiary/aromatic N) is 1. The summed E-state index contributed by atoms with van der Waals surface area (Å²) in [4.78, 5) is 8.25. The molecule has 0 saturated heterocycles. The van der Waals surface area contributed by atoms with Gasteiger partial charge in [0.25, 0.3) is 0 Å². The van der Waals surface area contributed by atoms with Crippen LogP contribution in [0.3, 0.4) is 0 Å². The summed E-state index contributed by atoms with van der Waals surface area (Å²) in [5.74, 6) is 0.884. The second-order valence-electron chi connectivity index (χ2n) is 5.07. The van der Waals surface area contributed by atoms with Gasteiger partial charge in [-0.1, -0.05) is 12.1 Å². The van der Waals surface area contributed by atoms with Gasteiger partial charge in [0.15, 0.2) is 0 Å². The first-order chi connectivity index (χ1) is 8.84. The van der Waals surface area contributed by atoms with Gasteiger partial charge in [0.2, 0.25) is 0 Å². The van der Waals surface area contributed by atoms with Gasteiger partial charge in [-0.2, -0.15) is 0 Å². The number of carbonyl (C=O) groups is 1. The van der Waals surface area contributed by atoms with E-state index in [2.05, 4.69) is 20.2 Å². The number of ether oxygens (including phenoxy) is 1. The van der Waals surface area contributed by atoms with Crippen LogP contribution in [0.2, 0.25) is 0 Å². The van der Waals surface area contributed by atoms with Crippen LogP contribution < -0.4 is 9.84 Å². The molecule has 19 heavy (non-hydrogen) atoms. The van der Waals surface area contributed by atoms with Crippen LogP contribution in [0.5, 0.6) is 5.75 Å². The monoisotopic (exact) mass is 269 g/mol. The molecule has 1 aromatic carbocycles. The Morgan fingerprint density at radius 1 is 1.47 bits per heavy atom. The van der Waals surface area contributed by atoms with Crippen LogP contribution in [0.15, 0.2) is 24.3 Å². The van der Waals surface area contributed by atoms with Gasteiger partial charge < -0.3 is 24.2 Å². The first-order valence-electron chi connectivity index (χ1n) is 6.03. The highest BCUT2D eigenvalue weighted by Crippen LogP contribution is 2.16. The fraction of sp³-hybridized carbons (Fsp3) is 0.500. The molecule has 0 amide bonds. The predicted molar refractivity (Wildman–Crippen MR) is 71.4 cm³/mol. The summed E-state index contributed by atoms with van der Waals surface area (Å²) >= 11 is 0. The number of rotatable bonds is 5. The van der Waals surface area contributed by atoms with Crippen molar-refractivity contribution in [3.05, 3.63) is 29.8 Å². The number of aliphatic hydroxyl groups is 1. The fourth-order valence-electron chi connectivity index (χ4n) is 2.04. The van der Waals surface area contributed by atoms with Crippen molar-refractivity contribution in [3.8, 4) is 5.75 Å². The van der Waals surface area contributed by atoms with Gasteiger partial charge >= 0.3 is 0 Å². The van der Waals surface area contributed by atoms with Crippen LogP contribution in [0.25, 0.3) is 0 Å². The Labute approximate surface area is 114 Å². The topological polar surface area (TPSA) is 69.6 Å². The van der Waals surface area contributed by atoms with Crippen LogP contribution >= 0.6 is 0 Å². The molecule has 0 aliphatic carbocycles. The Kier molecular flexibility index (Phi) is 7.79. The van der Waals surface area contributed by atoms with Gasteiger partial charge in [0.05, 0.1) is 21.2 Å². The van der Waals surface area contributed by atoms with E-state index in [1.807, 2.05) is 25.1 Å². The summed E-state index contributed by atoms with van der Waals surface area (Å²) in [6, 6.07) is 8.07. The molecule has 108 valence electrons. The van der Waals surface area contributed by atoms with Crippen molar-refractivity contribution in [2.75, 3.05) is 27.7 Å². The number of benzene rings is 1. The maximum Gasteiger partial charge on any atom is 0.119 e. The number of quaternary nitrogens is 1. The molecular weight excluding hydrogens is 246 g/mol. The normalized spacial score (nSPS) is 12.1. The molecule has 0 aromatic heterocycles. The minimum atomic E-state index is -0.500. The van der Waals surface area contributed by atoms with Gasteiger partial charge in [-0.15, -0.1) is 0 Å². The molecule has 1 N–H and O–H groups in total. The quantitative estimate of drug-likeness (QED) is 0.604. The summed E-state index contributed by atoms with van der Waals surface area (Å²) in [6.45, 7) is 2.96. The molecule has 0 radical (unpaired) electrons. The van der Waals surface area contributed by atoms with E-state index in [0.29, 0.717) is 0 Å². The lowest BCUT2D eigenvalue weighted by atomic mass is 10.2. The number of carboxylic acid groups (broad SMARTS) is 1. The van der Waals surface area contributed by atoms with E-state index in [1.54, 1.807) is 7.11 Å². The zero-order valence-electron chi connectivity index (χ0n) is 12.0. The van der Waals surface area contributed by atoms with Gasteiger partial charge in [-0.05, 0) is 19.1 Å². The lowest BCUT2D eigenvalue weighted by molar-refractivity contribution is -0.906. The molecule has 0 heterocycles. The molecule has 1 unspecified atom stereocenters. The smallest absolute Gasteiger partial charge is 0.119 e. The zero-order chi connectivity index (χ0) is 14.9. The Hall–Kier alpha value is -1.59. The first-order valence-corrected chi connectivity index (χ1v) is 6.03. The molecule has 0 saturated carbocycles. The largest absolute Gasteiger partial charge is 0.554 e. The predicted octanol–water partition coefficient (Wildman–Crippen LogP) is 0.0185. The molecule has 0 bridgehead atoms. The van der Waals surface area contributed by atoms with Crippen molar-refractivity contribution < 1.29 is 24.2 Å². The Morgan fingerprint density at radius 3 is 2.53 bits per heavy atom. The van der Waals surface area contributed by atoms with E-state index in [9.17, 15) is 5.11 Å². The van der Waals surface area contributed by atoms with Crippen LogP contribution in [0, 0.1) is 0 Å². The third kappa shape index (κ3) is 8.18. The lowest BCUT2D eigenvalue weighted by Gasteiger charge is -2.31. The average molecular weight is 269 g/mol. The molecule has 5 heteroatoms. The molecule has 1 aromatic rings. The van der Waals surface area contributed by atoms with Crippen molar-refractivity contribution >= 4 is 6.47 Å². The van der Waals surface area contributed by atoms with Crippen molar-refractivity contribution in [2.45, 2.75) is 19.6 Å². The summed E-state index contributed by atoms with van der Waals surface area (Å²) in [6.07, 6.45) is -0.277. The van der Waals surface area contributed by atoms with Gasteiger partial charge in [0, 0.05) is 12.0 Å². The van der Waals surface area contributed by atoms with E-state index in [1.165, 1.54) is 5.56 Å². The third-order valence-corrected chi connectivity index (χ3v) is 2.50. The summed E-state index contributed by atoms with van der Waals surface area (Å²) in [7, 11) is 5.91. The van der Waals surface area contributed by atoms with Crippen LogP contribution in [-0.2, 0) is 11.3 Å². The molecule has 5 nitrogen and oxygen atoms in total. The minimum Gasteiger partial charge on any atom is -0.554 e. The van der Waals surface area contributed by atoms with Crippen molar-refractivity contribution in [1.82, 2.24) is 0 Å². The van der Waals surface area contributed by atoms with Crippen molar-refractivity contribution in [1.29, 1.82) is 0 Å². The van der Waals surface area contributed by atoms with E-state index in [4.69, 9.17) is 14.6 Å². The number of methoxy groups -OCH3 is 1. The standard InChI is InChI=1S/C13H22NO2.CH2O2/c1-11(15)9-14(2,3)10-12-6-5-7-13(8-12)16-4;2-1-3/h5-8,11,15H,9-10H2,1-4H3;1H,(H,2,3)/q+1;/p-1. The SMILES string of the molecule is COc1cccc(C[N+](C)(C)CC(C)O)c1.O=C[O-]. The number of likely N-dealkylation sites (N-methyl/N-ethyl adjacent to an activating group) is 1. The number of carbonyl (C=O) groups excluding carboxylic acids is 1. The fourth-order valence-corrected chi connectivity index (χ4v) is 2.04. The Morgan fingerprint density at radius 2 is 2.05 bits per heavy atom. The highest BCUT2D eigenvalue weighted by atomic mass is 16.5. The van der Waals surface area contributed by atoms with Gasteiger partial charge in [-0.3, -0.25) is 0 Å². The molecule has 1 atom stereocenters. The molecule has 0 aliphatic heterocycles. The van der Waals surface area contributed by atoms with Gasteiger partial charge in [-0.25, -0.2) is 0 Å². The number of hydrogen-bond donors (Lipinski definition) is 1. The number of aliphatic hydroxyl groups excluding tert-OH is 1. The summed E-state index contributed by atoms with van der Waals surface area (Å²) < 4.78 is 5.96. The van der Waals surface area contributed by atoms with Gasteiger partial charge in [0.1, 0.15) is 24.9 Å². The van der Waals surface area contributed by atoms with E-state index < -0.39 is 6.47 Å². The summed E-state index contributed by atoms with van der Waals surface area (Å²) in [5, 5.41) is 17.7. The molecular formula is C14H23NO4. The maximum atomic E-state index is 9.43. The highest BCUT2D eigenvalue weighted by molar-refractivity contribution is 5.29. The van der Waals surface area contributed by atoms with Crippen LogP contribution in [0.4, 0.5) is 0 Å². The third-order valence-electron chi connectivity index (χ3n) is 2.50. The Bertz CT molecular complexity index is 377. The first kappa shape index (κ1) is 17.4. The second kappa shape index (κ2) is 8.50. The second-order valence-corrected chi connectivity index (χ2v) is 5.07. The molecule has 1 rings (SSSR count).